The van der Waals surface area contributed by atoms with E-state index in [1.54, 1.807) is 19.5 Å². The first-order chi connectivity index (χ1) is 15.2. The minimum absolute atomic E-state index is 0.566. The molecule has 0 saturated heterocycles. The molecule has 4 aromatic rings. The number of rotatable bonds is 5. The van der Waals surface area contributed by atoms with Gasteiger partial charge in [0.05, 0.1) is 24.4 Å². The van der Waals surface area contributed by atoms with Crippen molar-refractivity contribution in [1.82, 2.24) is 19.9 Å². The second-order valence-corrected chi connectivity index (χ2v) is 7.89. The van der Waals surface area contributed by atoms with Gasteiger partial charge in [-0.25, -0.2) is 9.97 Å². The zero-order chi connectivity index (χ0) is 21.2. The number of hydrogen-bond donors (Lipinski definition) is 0. The summed E-state index contributed by atoms with van der Waals surface area (Å²) in [5.41, 5.74) is 4.14. The molecule has 1 aliphatic rings. The van der Waals surface area contributed by atoms with Gasteiger partial charge in [-0.2, -0.15) is 0 Å². The lowest BCUT2D eigenvalue weighted by atomic mass is 10.1. The van der Waals surface area contributed by atoms with Crippen LogP contribution in [0.3, 0.4) is 0 Å². The number of methoxy groups -OCH3 is 1. The van der Waals surface area contributed by atoms with E-state index in [4.69, 9.17) is 25.7 Å². The van der Waals surface area contributed by atoms with Crippen LogP contribution in [0.25, 0.3) is 22.7 Å². The number of ether oxygens (including phenoxy) is 1. The predicted octanol–water partition coefficient (Wildman–Crippen LogP) is 5.02. The SMILES string of the molecule is COc1ccc(-c2ccc(CN3CCc4nc(-c5cccnc5)ncc4C3)o2)cc1Cl. The number of fused-ring (bicyclic) bond motifs is 1. The fourth-order valence-electron chi connectivity index (χ4n) is 3.80. The molecule has 1 aromatic carbocycles. The average molecular weight is 433 g/mol. The fourth-order valence-corrected chi connectivity index (χ4v) is 4.06. The molecule has 5 rings (SSSR count). The first kappa shape index (κ1) is 19.7. The molecule has 0 aliphatic carbocycles. The lowest BCUT2D eigenvalue weighted by Crippen LogP contribution is -2.30. The first-order valence-corrected chi connectivity index (χ1v) is 10.5. The molecule has 0 N–H and O–H groups in total. The summed E-state index contributed by atoms with van der Waals surface area (Å²) in [5, 5.41) is 0.566. The van der Waals surface area contributed by atoms with Crippen LogP contribution in [-0.4, -0.2) is 33.5 Å². The van der Waals surface area contributed by atoms with Gasteiger partial charge < -0.3 is 9.15 Å². The number of halogens is 1. The van der Waals surface area contributed by atoms with Crippen molar-refractivity contribution in [2.75, 3.05) is 13.7 Å². The maximum Gasteiger partial charge on any atom is 0.160 e. The van der Waals surface area contributed by atoms with Gasteiger partial charge >= 0.3 is 0 Å². The van der Waals surface area contributed by atoms with Crippen LogP contribution < -0.4 is 4.74 Å². The summed E-state index contributed by atoms with van der Waals surface area (Å²) in [5.74, 6) is 3.09. The summed E-state index contributed by atoms with van der Waals surface area (Å²) in [7, 11) is 1.60. The van der Waals surface area contributed by atoms with Crippen LogP contribution in [0.15, 0.2) is 65.5 Å². The average Bonchev–Trinajstić information content (AvgIpc) is 3.27. The van der Waals surface area contributed by atoms with Gasteiger partial charge in [-0.05, 0) is 42.5 Å². The van der Waals surface area contributed by atoms with Gasteiger partial charge in [0.15, 0.2) is 5.82 Å². The maximum atomic E-state index is 6.25. The molecule has 31 heavy (non-hydrogen) atoms. The number of aromatic nitrogens is 3. The molecule has 0 fully saturated rings. The van der Waals surface area contributed by atoms with Crippen molar-refractivity contribution >= 4 is 11.6 Å². The summed E-state index contributed by atoms with van der Waals surface area (Å²) >= 11 is 6.25. The Hall–Kier alpha value is -3.22. The van der Waals surface area contributed by atoms with E-state index in [0.717, 1.165) is 65.8 Å². The van der Waals surface area contributed by atoms with E-state index in [1.165, 1.54) is 0 Å². The van der Waals surface area contributed by atoms with E-state index in [-0.39, 0.29) is 0 Å². The minimum Gasteiger partial charge on any atom is -0.495 e. The maximum absolute atomic E-state index is 6.25. The smallest absolute Gasteiger partial charge is 0.160 e. The highest BCUT2D eigenvalue weighted by Gasteiger charge is 2.20. The van der Waals surface area contributed by atoms with Crippen molar-refractivity contribution in [3.8, 4) is 28.5 Å². The van der Waals surface area contributed by atoms with Crippen molar-refractivity contribution in [3.63, 3.8) is 0 Å². The molecule has 0 bridgehead atoms. The molecule has 1 aliphatic heterocycles. The van der Waals surface area contributed by atoms with E-state index in [9.17, 15) is 0 Å². The summed E-state index contributed by atoms with van der Waals surface area (Å²) in [4.78, 5) is 15.8. The molecule has 0 spiro atoms. The van der Waals surface area contributed by atoms with Crippen LogP contribution in [0.5, 0.6) is 5.75 Å². The molecule has 0 saturated carbocycles. The van der Waals surface area contributed by atoms with Crippen LogP contribution in [0, 0.1) is 0 Å². The molecule has 0 unspecified atom stereocenters. The highest BCUT2D eigenvalue weighted by atomic mass is 35.5. The molecule has 4 heterocycles. The van der Waals surface area contributed by atoms with Crippen LogP contribution in [0.4, 0.5) is 0 Å². The Labute approximate surface area is 185 Å². The lowest BCUT2D eigenvalue weighted by Gasteiger charge is -2.27. The highest BCUT2D eigenvalue weighted by molar-refractivity contribution is 6.32. The van der Waals surface area contributed by atoms with E-state index < -0.39 is 0 Å². The predicted molar refractivity (Wildman–Crippen MR) is 119 cm³/mol. The molecule has 0 amide bonds. The lowest BCUT2D eigenvalue weighted by molar-refractivity contribution is 0.224. The summed E-state index contributed by atoms with van der Waals surface area (Å²) in [6.07, 6.45) is 6.36. The molecular formula is C24H21ClN4O2. The third-order valence-electron chi connectivity index (χ3n) is 5.41. The Kier molecular flexibility index (Phi) is 5.40. The Balaban J connectivity index is 1.28. The fraction of sp³-hybridized carbons (Fsp3) is 0.208. The van der Waals surface area contributed by atoms with E-state index >= 15 is 0 Å². The number of nitrogens with zero attached hydrogens (tertiary/aromatic N) is 4. The second-order valence-electron chi connectivity index (χ2n) is 7.48. The molecule has 6 nitrogen and oxygen atoms in total. The third-order valence-corrected chi connectivity index (χ3v) is 5.71. The third kappa shape index (κ3) is 4.17. The number of hydrogen-bond acceptors (Lipinski definition) is 6. The standard InChI is InChI=1S/C24H21ClN4O2/c1-30-23-6-4-16(11-20(23)25)22-7-5-19(31-22)15-29-10-8-21-18(14-29)13-27-24(28-21)17-3-2-9-26-12-17/h2-7,9,11-13H,8,10,14-15H2,1H3. The largest absolute Gasteiger partial charge is 0.495 e. The van der Waals surface area contributed by atoms with Crippen molar-refractivity contribution in [3.05, 3.63) is 83.1 Å². The molecular weight excluding hydrogens is 412 g/mol. The first-order valence-electron chi connectivity index (χ1n) is 10.1. The number of furan rings is 1. The van der Waals surface area contributed by atoms with Crippen molar-refractivity contribution in [1.29, 1.82) is 0 Å². The van der Waals surface area contributed by atoms with Gasteiger partial charge in [0, 0.05) is 54.8 Å². The zero-order valence-electron chi connectivity index (χ0n) is 17.1. The van der Waals surface area contributed by atoms with Gasteiger partial charge in [0.1, 0.15) is 17.3 Å². The summed E-state index contributed by atoms with van der Waals surface area (Å²) in [6.45, 7) is 2.45. The monoisotopic (exact) mass is 432 g/mol. The van der Waals surface area contributed by atoms with E-state index in [1.807, 2.05) is 48.7 Å². The van der Waals surface area contributed by atoms with Crippen LogP contribution in [-0.2, 0) is 19.5 Å². The Morgan fingerprint density at radius 1 is 1.13 bits per heavy atom. The summed E-state index contributed by atoms with van der Waals surface area (Å²) < 4.78 is 11.3. The Morgan fingerprint density at radius 2 is 2.06 bits per heavy atom. The van der Waals surface area contributed by atoms with Gasteiger partial charge in [0.25, 0.3) is 0 Å². The Bertz CT molecular complexity index is 1210. The quantitative estimate of drug-likeness (QED) is 0.441. The van der Waals surface area contributed by atoms with Crippen molar-refractivity contribution in [2.24, 2.45) is 0 Å². The van der Waals surface area contributed by atoms with Crippen LogP contribution in [0.1, 0.15) is 17.0 Å². The second kappa shape index (κ2) is 8.49. The minimum atomic E-state index is 0.566. The highest BCUT2D eigenvalue weighted by Crippen LogP contribution is 2.31. The Morgan fingerprint density at radius 3 is 2.87 bits per heavy atom. The van der Waals surface area contributed by atoms with E-state index in [0.29, 0.717) is 10.8 Å². The van der Waals surface area contributed by atoms with Crippen molar-refractivity contribution in [2.45, 2.75) is 19.5 Å². The zero-order valence-corrected chi connectivity index (χ0v) is 17.8. The topological polar surface area (TPSA) is 64.3 Å². The van der Waals surface area contributed by atoms with Gasteiger partial charge in [-0.3, -0.25) is 9.88 Å². The van der Waals surface area contributed by atoms with Crippen LogP contribution >= 0.6 is 11.6 Å². The van der Waals surface area contributed by atoms with Gasteiger partial charge in [-0.15, -0.1) is 0 Å². The molecule has 3 aromatic heterocycles. The van der Waals surface area contributed by atoms with Gasteiger partial charge in [0.2, 0.25) is 0 Å². The van der Waals surface area contributed by atoms with Crippen LogP contribution in [0.2, 0.25) is 5.02 Å². The van der Waals surface area contributed by atoms with Gasteiger partial charge in [-0.1, -0.05) is 11.6 Å². The molecule has 0 radical (unpaired) electrons. The molecule has 156 valence electrons. The molecule has 7 heteroatoms. The van der Waals surface area contributed by atoms with E-state index in [2.05, 4.69) is 14.9 Å². The normalized spacial score (nSPS) is 13.7. The number of pyridine rings is 1. The molecule has 0 atom stereocenters. The number of benzene rings is 1. The summed E-state index contributed by atoms with van der Waals surface area (Å²) in [6, 6.07) is 13.5. The van der Waals surface area contributed by atoms with Crippen molar-refractivity contribution < 1.29 is 9.15 Å².